The van der Waals surface area contributed by atoms with Crippen LogP contribution in [0.4, 0.5) is 0 Å². The van der Waals surface area contributed by atoms with Gasteiger partial charge in [-0.2, -0.15) is 5.10 Å². The van der Waals surface area contributed by atoms with E-state index < -0.39 is 0 Å². The van der Waals surface area contributed by atoms with Crippen LogP contribution in [0.15, 0.2) is 47.1 Å². The van der Waals surface area contributed by atoms with E-state index in [0.717, 1.165) is 43.1 Å². The van der Waals surface area contributed by atoms with Gasteiger partial charge in [-0.05, 0) is 50.9 Å². The topological polar surface area (TPSA) is 47.1 Å². The van der Waals surface area contributed by atoms with Crippen molar-refractivity contribution in [1.29, 1.82) is 0 Å². The maximum atomic E-state index is 6.31. The first kappa shape index (κ1) is 18.3. The molecule has 0 spiro atoms. The summed E-state index contributed by atoms with van der Waals surface area (Å²) < 4.78 is 7.96. The predicted octanol–water partition coefficient (Wildman–Crippen LogP) is 4.94. The zero-order valence-electron chi connectivity index (χ0n) is 15.6. The highest BCUT2D eigenvalue weighted by Crippen LogP contribution is 2.30. The van der Waals surface area contributed by atoms with Crippen LogP contribution in [0, 0.1) is 6.92 Å². The average molecular weight is 385 g/mol. The van der Waals surface area contributed by atoms with E-state index in [9.17, 15) is 0 Å². The molecule has 0 radical (unpaired) electrons. The quantitative estimate of drug-likeness (QED) is 0.603. The lowest BCUT2D eigenvalue weighted by Crippen LogP contribution is -2.39. The number of halogens is 1. The summed E-state index contributed by atoms with van der Waals surface area (Å²) in [5.41, 5.74) is 1.86. The molecule has 0 amide bonds. The van der Waals surface area contributed by atoms with E-state index >= 15 is 0 Å². The molecule has 1 fully saturated rings. The number of aryl methyl sites for hydroxylation is 2. The Hall–Kier alpha value is -2.11. The van der Waals surface area contributed by atoms with Gasteiger partial charge in [0.15, 0.2) is 0 Å². The Morgan fingerprint density at radius 2 is 2.11 bits per heavy atom. The SMILES string of the molecule is Cc1oc(-c2ccccc2Cl)nc1CN1CCCC[C@H]1CCn1cccn1. The first-order chi connectivity index (χ1) is 13.2. The summed E-state index contributed by atoms with van der Waals surface area (Å²) in [4.78, 5) is 7.32. The highest BCUT2D eigenvalue weighted by molar-refractivity contribution is 6.33. The smallest absolute Gasteiger partial charge is 0.228 e. The second-order valence-electron chi connectivity index (χ2n) is 7.18. The molecule has 3 heterocycles. The van der Waals surface area contributed by atoms with E-state index in [1.54, 1.807) is 0 Å². The minimum Gasteiger partial charge on any atom is -0.441 e. The van der Waals surface area contributed by atoms with Gasteiger partial charge in [-0.25, -0.2) is 4.98 Å². The molecule has 0 unspecified atom stereocenters. The number of oxazole rings is 1. The third-order valence-electron chi connectivity index (χ3n) is 5.35. The molecule has 3 aromatic rings. The van der Waals surface area contributed by atoms with Crippen molar-refractivity contribution in [3.63, 3.8) is 0 Å². The van der Waals surface area contributed by atoms with Gasteiger partial charge in [-0.15, -0.1) is 0 Å². The maximum Gasteiger partial charge on any atom is 0.228 e. The number of likely N-dealkylation sites (tertiary alicyclic amines) is 1. The van der Waals surface area contributed by atoms with E-state index in [0.29, 0.717) is 17.0 Å². The number of nitrogens with zero attached hydrogens (tertiary/aromatic N) is 4. The molecule has 27 heavy (non-hydrogen) atoms. The number of piperidine rings is 1. The van der Waals surface area contributed by atoms with Crippen LogP contribution in [0.3, 0.4) is 0 Å². The van der Waals surface area contributed by atoms with Gasteiger partial charge < -0.3 is 4.42 Å². The van der Waals surface area contributed by atoms with Gasteiger partial charge in [0, 0.05) is 31.5 Å². The van der Waals surface area contributed by atoms with Gasteiger partial charge in [0.05, 0.1) is 16.3 Å². The molecule has 2 aromatic heterocycles. The lowest BCUT2D eigenvalue weighted by Gasteiger charge is -2.35. The van der Waals surface area contributed by atoms with Crippen molar-refractivity contribution in [2.75, 3.05) is 6.54 Å². The molecule has 1 saturated heterocycles. The second-order valence-corrected chi connectivity index (χ2v) is 7.59. The minimum absolute atomic E-state index is 0.558. The molecule has 142 valence electrons. The Balaban J connectivity index is 1.47. The van der Waals surface area contributed by atoms with Crippen molar-refractivity contribution in [1.82, 2.24) is 19.7 Å². The van der Waals surface area contributed by atoms with Gasteiger partial charge >= 0.3 is 0 Å². The van der Waals surface area contributed by atoms with Gasteiger partial charge in [0.25, 0.3) is 0 Å². The molecule has 4 rings (SSSR count). The fourth-order valence-corrected chi connectivity index (χ4v) is 4.04. The lowest BCUT2D eigenvalue weighted by atomic mass is 9.99. The zero-order chi connectivity index (χ0) is 18.6. The summed E-state index contributed by atoms with van der Waals surface area (Å²) in [6, 6.07) is 10.2. The third-order valence-corrected chi connectivity index (χ3v) is 5.68. The van der Waals surface area contributed by atoms with Crippen molar-refractivity contribution in [3.05, 3.63) is 59.2 Å². The van der Waals surface area contributed by atoms with Crippen LogP contribution < -0.4 is 0 Å². The third kappa shape index (κ3) is 4.25. The molecular formula is C21H25ClN4O. The van der Waals surface area contributed by atoms with Crippen LogP contribution in [-0.2, 0) is 13.1 Å². The van der Waals surface area contributed by atoms with Crippen molar-refractivity contribution >= 4 is 11.6 Å². The van der Waals surface area contributed by atoms with E-state index in [-0.39, 0.29) is 0 Å². The van der Waals surface area contributed by atoms with Crippen molar-refractivity contribution in [3.8, 4) is 11.5 Å². The summed E-state index contributed by atoms with van der Waals surface area (Å²) in [5.74, 6) is 1.49. The number of hydrogen-bond acceptors (Lipinski definition) is 4. The number of aromatic nitrogens is 3. The van der Waals surface area contributed by atoms with Crippen molar-refractivity contribution in [2.24, 2.45) is 0 Å². The first-order valence-electron chi connectivity index (χ1n) is 9.63. The monoisotopic (exact) mass is 384 g/mol. The number of benzene rings is 1. The Morgan fingerprint density at radius 1 is 1.22 bits per heavy atom. The van der Waals surface area contributed by atoms with Gasteiger partial charge in [0.1, 0.15) is 5.76 Å². The van der Waals surface area contributed by atoms with Crippen LogP contribution in [0.25, 0.3) is 11.5 Å². The normalized spacial score (nSPS) is 18.1. The van der Waals surface area contributed by atoms with Gasteiger partial charge in [0.2, 0.25) is 5.89 Å². The van der Waals surface area contributed by atoms with Crippen molar-refractivity contribution < 1.29 is 4.42 Å². The largest absolute Gasteiger partial charge is 0.441 e. The summed E-state index contributed by atoms with van der Waals surface area (Å²) in [6.07, 6.45) is 8.75. The van der Waals surface area contributed by atoms with Crippen LogP contribution >= 0.6 is 11.6 Å². The molecule has 6 heteroatoms. The Bertz CT molecular complexity index is 874. The predicted molar refractivity (Wildman–Crippen MR) is 107 cm³/mol. The maximum absolute atomic E-state index is 6.31. The molecule has 0 saturated carbocycles. The van der Waals surface area contributed by atoms with Crippen LogP contribution in [0.1, 0.15) is 37.1 Å². The van der Waals surface area contributed by atoms with Gasteiger partial charge in [-0.1, -0.05) is 30.2 Å². The average Bonchev–Trinajstić information content (AvgIpc) is 3.32. The number of hydrogen-bond donors (Lipinski definition) is 0. The molecule has 5 nitrogen and oxygen atoms in total. The number of rotatable bonds is 6. The Kier molecular flexibility index (Phi) is 5.60. The van der Waals surface area contributed by atoms with Crippen LogP contribution in [0.5, 0.6) is 0 Å². The summed E-state index contributed by atoms with van der Waals surface area (Å²) in [7, 11) is 0. The molecular weight excluding hydrogens is 360 g/mol. The fraction of sp³-hybridized carbons (Fsp3) is 0.429. The summed E-state index contributed by atoms with van der Waals surface area (Å²) in [5, 5.41) is 4.99. The highest BCUT2D eigenvalue weighted by Gasteiger charge is 2.25. The minimum atomic E-state index is 0.558. The van der Waals surface area contributed by atoms with Crippen LogP contribution in [-0.4, -0.2) is 32.3 Å². The second kappa shape index (κ2) is 8.28. The van der Waals surface area contributed by atoms with Gasteiger partial charge in [-0.3, -0.25) is 9.58 Å². The van der Waals surface area contributed by atoms with Crippen LogP contribution in [0.2, 0.25) is 5.02 Å². The van der Waals surface area contributed by atoms with Crippen molar-refractivity contribution in [2.45, 2.75) is 51.7 Å². The molecule has 0 N–H and O–H groups in total. The summed E-state index contributed by atoms with van der Waals surface area (Å²) >= 11 is 6.31. The molecule has 0 aliphatic carbocycles. The molecule has 0 bridgehead atoms. The lowest BCUT2D eigenvalue weighted by molar-refractivity contribution is 0.125. The summed E-state index contributed by atoms with van der Waals surface area (Å²) in [6.45, 7) is 4.88. The van der Waals surface area contributed by atoms with E-state index in [1.807, 2.05) is 54.3 Å². The Labute approximate surface area is 165 Å². The zero-order valence-corrected chi connectivity index (χ0v) is 16.4. The standard InChI is InChI=1S/C21H25ClN4O/c1-16-20(24-21(27-16)18-8-2-3-9-19(18)22)15-25-12-5-4-7-17(25)10-14-26-13-6-11-23-26/h2-3,6,8-9,11,13,17H,4-5,7,10,12,14-15H2,1H3/t17-/m0/s1. The first-order valence-corrected chi connectivity index (χ1v) is 10.0. The molecule has 1 atom stereocenters. The molecule has 1 aromatic carbocycles. The molecule has 1 aliphatic rings. The highest BCUT2D eigenvalue weighted by atomic mass is 35.5. The Morgan fingerprint density at radius 3 is 2.93 bits per heavy atom. The van der Waals surface area contributed by atoms with E-state index in [1.165, 1.54) is 19.3 Å². The fourth-order valence-electron chi connectivity index (χ4n) is 3.83. The van der Waals surface area contributed by atoms with E-state index in [4.69, 9.17) is 21.0 Å². The molecule has 1 aliphatic heterocycles. The van der Waals surface area contributed by atoms with E-state index in [2.05, 4.69) is 10.00 Å².